The quantitative estimate of drug-likeness (QED) is 0.521. The maximum atomic E-state index is 5.52. The van der Waals surface area contributed by atoms with Crippen molar-refractivity contribution in [1.82, 2.24) is 9.97 Å². The first-order valence-electron chi connectivity index (χ1n) is 9.65. The minimum absolute atomic E-state index is 0.775. The lowest BCUT2D eigenvalue weighted by Crippen LogP contribution is -1.91. The van der Waals surface area contributed by atoms with E-state index in [1.165, 1.54) is 37.8 Å². The Morgan fingerprint density at radius 2 is 2.00 bits per heavy atom. The number of aromatic amines is 2. The van der Waals surface area contributed by atoms with E-state index in [4.69, 9.17) is 9.73 Å². The van der Waals surface area contributed by atoms with Crippen LogP contribution >= 0.6 is 0 Å². The Morgan fingerprint density at radius 1 is 1.12 bits per heavy atom. The van der Waals surface area contributed by atoms with Crippen LogP contribution in [-0.4, -0.2) is 22.8 Å². The molecule has 0 saturated carbocycles. The molecule has 138 valence electrons. The molecule has 2 N–H and O–H groups in total. The summed E-state index contributed by atoms with van der Waals surface area (Å²) < 4.78 is 5.52. The SMILES string of the molecule is CCCCCCCC1=NC(=CCc2[nH]c(-c3ccc[nH]3)cc2OC)C=C1. The van der Waals surface area contributed by atoms with Gasteiger partial charge in [-0.1, -0.05) is 38.7 Å². The first-order valence-corrected chi connectivity index (χ1v) is 9.65. The summed E-state index contributed by atoms with van der Waals surface area (Å²) in [6.07, 6.45) is 16.7. The molecule has 0 saturated heterocycles. The molecule has 0 aliphatic carbocycles. The molecule has 0 aromatic carbocycles. The number of hydrogen-bond donors (Lipinski definition) is 2. The van der Waals surface area contributed by atoms with Crippen LogP contribution in [0.4, 0.5) is 0 Å². The lowest BCUT2D eigenvalue weighted by atomic mass is 10.1. The monoisotopic (exact) mass is 351 g/mol. The van der Waals surface area contributed by atoms with Gasteiger partial charge in [0.15, 0.2) is 0 Å². The van der Waals surface area contributed by atoms with Gasteiger partial charge >= 0.3 is 0 Å². The highest BCUT2D eigenvalue weighted by Gasteiger charge is 2.11. The zero-order valence-electron chi connectivity index (χ0n) is 15.8. The highest BCUT2D eigenvalue weighted by molar-refractivity contribution is 5.98. The number of hydrogen-bond acceptors (Lipinski definition) is 2. The Balaban J connectivity index is 1.57. The van der Waals surface area contributed by atoms with Crippen LogP contribution in [0.3, 0.4) is 0 Å². The average Bonchev–Trinajstić information content (AvgIpc) is 3.39. The van der Waals surface area contributed by atoms with Gasteiger partial charge in [-0.15, -0.1) is 0 Å². The van der Waals surface area contributed by atoms with E-state index in [1.54, 1.807) is 7.11 Å². The van der Waals surface area contributed by atoms with E-state index >= 15 is 0 Å². The Bertz CT molecular complexity index is 778. The summed E-state index contributed by atoms with van der Waals surface area (Å²) in [5, 5.41) is 0. The van der Waals surface area contributed by atoms with Crippen LogP contribution in [0.2, 0.25) is 0 Å². The molecule has 0 atom stereocenters. The van der Waals surface area contributed by atoms with Gasteiger partial charge in [0, 0.05) is 24.4 Å². The number of ether oxygens (including phenoxy) is 1. The second-order valence-corrected chi connectivity index (χ2v) is 6.75. The van der Waals surface area contributed by atoms with Crippen molar-refractivity contribution >= 4 is 5.71 Å². The highest BCUT2D eigenvalue weighted by atomic mass is 16.5. The molecule has 1 aliphatic rings. The van der Waals surface area contributed by atoms with Crippen molar-refractivity contribution in [3.8, 4) is 17.1 Å². The van der Waals surface area contributed by atoms with Crippen LogP contribution < -0.4 is 4.74 Å². The number of allylic oxidation sites excluding steroid dienone is 3. The van der Waals surface area contributed by atoms with E-state index in [1.807, 2.05) is 24.4 Å². The largest absolute Gasteiger partial charge is 0.495 e. The second-order valence-electron chi connectivity index (χ2n) is 6.75. The summed E-state index contributed by atoms with van der Waals surface area (Å²) in [7, 11) is 1.71. The standard InChI is InChI=1S/C22H29N3O/c1-3-4-5-6-7-9-17-11-12-18(24-17)13-14-20-22(26-2)16-21(25-20)19-10-8-15-23-19/h8,10-13,15-16,23,25H,3-7,9,14H2,1-2H3. The number of rotatable bonds is 10. The van der Waals surface area contributed by atoms with Crippen molar-refractivity contribution < 1.29 is 4.74 Å². The van der Waals surface area contributed by atoms with Crippen molar-refractivity contribution in [2.24, 2.45) is 4.99 Å². The average molecular weight is 351 g/mol. The molecule has 0 fully saturated rings. The molecule has 0 spiro atoms. The molecule has 2 aromatic rings. The number of aliphatic imine (C=N–C) groups is 1. The predicted octanol–water partition coefficient (Wildman–Crippen LogP) is 5.82. The molecular weight excluding hydrogens is 322 g/mol. The molecule has 1 aliphatic heterocycles. The van der Waals surface area contributed by atoms with E-state index in [9.17, 15) is 0 Å². The van der Waals surface area contributed by atoms with Crippen molar-refractivity contribution in [2.75, 3.05) is 7.11 Å². The van der Waals surface area contributed by atoms with Gasteiger partial charge in [0.25, 0.3) is 0 Å². The van der Waals surface area contributed by atoms with Crippen LogP contribution in [0, 0.1) is 0 Å². The first-order chi connectivity index (χ1) is 12.8. The number of unbranched alkanes of at least 4 members (excludes halogenated alkanes) is 4. The summed E-state index contributed by atoms with van der Waals surface area (Å²) in [6, 6.07) is 6.07. The van der Waals surface area contributed by atoms with Crippen LogP contribution in [0.25, 0.3) is 11.4 Å². The molecule has 0 bridgehead atoms. The molecule has 0 unspecified atom stereocenters. The van der Waals surface area contributed by atoms with Gasteiger partial charge in [-0.2, -0.15) is 0 Å². The summed E-state index contributed by atoms with van der Waals surface area (Å²) in [6.45, 7) is 2.25. The van der Waals surface area contributed by atoms with Gasteiger partial charge in [0.1, 0.15) is 5.75 Å². The topological polar surface area (TPSA) is 53.2 Å². The van der Waals surface area contributed by atoms with Gasteiger partial charge in [-0.25, -0.2) is 0 Å². The van der Waals surface area contributed by atoms with E-state index < -0.39 is 0 Å². The van der Waals surface area contributed by atoms with Gasteiger partial charge < -0.3 is 14.7 Å². The Labute approximate surface area is 156 Å². The highest BCUT2D eigenvalue weighted by Crippen LogP contribution is 2.27. The van der Waals surface area contributed by atoms with E-state index in [2.05, 4.69) is 35.1 Å². The van der Waals surface area contributed by atoms with Crippen molar-refractivity contribution in [1.29, 1.82) is 0 Å². The Kier molecular flexibility index (Phi) is 6.53. The predicted molar refractivity (Wildman–Crippen MR) is 109 cm³/mol. The van der Waals surface area contributed by atoms with Gasteiger partial charge in [0.2, 0.25) is 0 Å². The van der Waals surface area contributed by atoms with E-state index in [-0.39, 0.29) is 0 Å². The fourth-order valence-electron chi connectivity index (χ4n) is 3.25. The van der Waals surface area contributed by atoms with Crippen molar-refractivity contribution in [3.63, 3.8) is 0 Å². The van der Waals surface area contributed by atoms with Gasteiger partial charge in [-0.05, 0) is 37.1 Å². The van der Waals surface area contributed by atoms with Crippen LogP contribution in [0.1, 0.15) is 51.1 Å². The number of aromatic nitrogens is 2. The van der Waals surface area contributed by atoms with Crippen LogP contribution in [0.15, 0.2) is 53.3 Å². The molecule has 2 aromatic heterocycles. The number of H-pyrrole nitrogens is 2. The minimum Gasteiger partial charge on any atom is -0.495 e. The maximum absolute atomic E-state index is 5.52. The third-order valence-corrected chi connectivity index (χ3v) is 4.74. The zero-order valence-corrected chi connectivity index (χ0v) is 15.8. The number of nitrogens with one attached hydrogen (secondary N) is 2. The second kappa shape index (κ2) is 9.27. The smallest absolute Gasteiger partial charge is 0.140 e. The normalized spacial score (nSPS) is 15.0. The van der Waals surface area contributed by atoms with Gasteiger partial charge in [-0.3, -0.25) is 4.99 Å². The third kappa shape index (κ3) is 4.78. The molecular formula is C22H29N3O. The molecule has 26 heavy (non-hydrogen) atoms. The van der Waals surface area contributed by atoms with Crippen LogP contribution in [-0.2, 0) is 6.42 Å². The van der Waals surface area contributed by atoms with Crippen molar-refractivity contribution in [2.45, 2.75) is 51.9 Å². The lowest BCUT2D eigenvalue weighted by molar-refractivity contribution is 0.411. The van der Waals surface area contributed by atoms with Gasteiger partial charge in [0.05, 0.1) is 29.9 Å². The molecule has 3 rings (SSSR count). The third-order valence-electron chi connectivity index (χ3n) is 4.74. The zero-order chi connectivity index (χ0) is 18.2. The molecule has 0 radical (unpaired) electrons. The maximum Gasteiger partial charge on any atom is 0.140 e. The fourth-order valence-corrected chi connectivity index (χ4v) is 3.25. The fraction of sp³-hybridized carbons (Fsp3) is 0.409. The Hall–Kier alpha value is -2.49. The Morgan fingerprint density at radius 3 is 2.77 bits per heavy atom. The van der Waals surface area contributed by atoms with E-state index in [0.29, 0.717) is 0 Å². The first kappa shape index (κ1) is 18.3. The minimum atomic E-state index is 0.775. The number of nitrogens with zero attached hydrogens (tertiary/aromatic N) is 1. The lowest BCUT2D eigenvalue weighted by Gasteiger charge is -2.00. The molecule has 4 heteroatoms. The van der Waals surface area contributed by atoms with Crippen LogP contribution in [0.5, 0.6) is 5.75 Å². The number of methoxy groups -OCH3 is 1. The van der Waals surface area contributed by atoms with E-state index in [0.717, 1.165) is 41.4 Å². The summed E-state index contributed by atoms with van der Waals surface area (Å²) in [4.78, 5) is 11.4. The summed E-state index contributed by atoms with van der Waals surface area (Å²) in [5.41, 5.74) is 5.43. The summed E-state index contributed by atoms with van der Waals surface area (Å²) >= 11 is 0. The molecule has 3 heterocycles. The summed E-state index contributed by atoms with van der Waals surface area (Å²) in [5.74, 6) is 0.883. The molecule has 4 nitrogen and oxygen atoms in total. The molecule has 0 amide bonds. The van der Waals surface area contributed by atoms with Crippen molar-refractivity contribution in [3.05, 3.63) is 54.0 Å².